The van der Waals surface area contributed by atoms with Gasteiger partial charge in [-0.1, -0.05) is 62.4 Å². The number of rotatable bonds is 11. The second kappa shape index (κ2) is 12.8. The Hall–Kier alpha value is -2.08. The van der Waals surface area contributed by atoms with Crippen molar-refractivity contribution in [2.45, 2.75) is 90.8 Å². The third kappa shape index (κ3) is 8.81. The maximum absolute atomic E-state index is 13.1. The van der Waals surface area contributed by atoms with Gasteiger partial charge in [-0.3, -0.25) is 4.79 Å². The standard InChI is InChI=1S/C26H41NO5/c1-25(2,3)32-23(29)26(15-11-6-4-5-7-12-20-28)16-18-27(19-17-26)24(30)31-21-22-13-9-8-10-14-22/h8-10,13-14,28H,4-7,11-12,15-21H2,1-3H3. The smallest absolute Gasteiger partial charge is 0.410 e. The SMILES string of the molecule is CC(C)(C)OC(=O)C1(CCCCCCCCO)CCN(C(=O)OCc2ccccc2)CC1. The first-order valence-electron chi connectivity index (χ1n) is 12.1. The molecule has 0 aliphatic carbocycles. The molecule has 32 heavy (non-hydrogen) atoms. The summed E-state index contributed by atoms with van der Waals surface area (Å²) in [7, 11) is 0. The first-order valence-corrected chi connectivity index (χ1v) is 12.1. The molecule has 0 unspecified atom stereocenters. The Bertz CT molecular complexity index is 690. The zero-order valence-corrected chi connectivity index (χ0v) is 20.1. The van der Waals surface area contributed by atoms with Crippen LogP contribution in [0.1, 0.15) is 84.1 Å². The summed E-state index contributed by atoms with van der Waals surface area (Å²) < 4.78 is 11.3. The van der Waals surface area contributed by atoms with E-state index in [1.165, 1.54) is 0 Å². The highest BCUT2D eigenvalue weighted by Crippen LogP contribution is 2.39. The molecule has 1 aliphatic heterocycles. The van der Waals surface area contributed by atoms with Gasteiger partial charge in [0.05, 0.1) is 5.41 Å². The maximum atomic E-state index is 13.1. The molecule has 0 bridgehead atoms. The Morgan fingerprint density at radius 2 is 1.56 bits per heavy atom. The van der Waals surface area contributed by atoms with E-state index in [4.69, 9.17) is 14.6 Å². The Morgan fingerprint density at radius 1 is 0.969 bits per heavy atom. The van der Waals surface area contributed by atoms with E-state index in [0.717, 1.165) is 50.5 Å². The summed E-state index contributed by atoms with van der Waals surface area (Å²) in [5.74, 6) is -0.136. The minimum Gasteiger partial charge on any atom is -0.460 e. The summed E-state index contributed by atoms with van der Waals surface area (Å²) in [6.07, 6.45) is 7.84. The molecule has 6 heteroatoms. The Kier molecular flexibility index (Phi) is 10.5. The van der Waals surface area contributed by atoms with E-state index < -0.39 is 11.0 Å². The molecule has 0 radical (unpaired) electrons. The zero-order chi connectivity index (χ0) is 23.5. The molecule has 1 aromatic rings. The van der Waals surface area contributed by atoms with Crippen molar-refractivity contribution in [1.29, 1.82) is 0 Å². The topological polar surface area (TPSA) is 76.1 Å². The molecule has 0 spiro atoms. The number of unbranched alkanes of at least 4 members (excludes halogenated alkanes) is 5. The number of carbonyl (C=O) groups is 2. The van der Waals surface area contributed by atoms with Crippen molar-refractivity contribution in [3.8, 4) is 0 Å². The summed E-state index contributed by atoms with van der Waals surface area (Å²) in [6.45, 7) is 7.21. The van der Waals surface area contributed by atoms with E-state index in [1.54, 1.807) is 4.90 Å². The fraction of sp³-hybridized carbons (Fsp3) is 0.692. The molecule has 1 N–H and O–H groups in total. The second-order valence-corrected chi connectivity index (χ2v) is 9.90. The lowest BCUT2D eigenvalue weighted by Gasteiger charge is -2.41. The van der Waals surface area contributed by atoms with Crippen LogP contribution in [0, 0.1) is 5.41 Å². The third-order valence-corrected chi connectivity index (χ3v) is 6.08. The van der Waals surface area contributed by atoms with Gasteiger partial charge in [0, 0.05) is 19.7 Å². The van der Waals surface area contributed by atoms with Gasteiger partial charge in [0.1, 0.15) is 12.2 Å². The van der Waals surface area contributed by atoms with Crippen molar-refractivity contribution >= 4 is 12.1 Å². The van der Waals surface area contributed by atoms with Crippen LogP contribution < -0.4 is 0 Å². The van der Waals surface area contributed by atoms with Gasteiger partial charge >= 0.3 is 12.1 Å². The number of hydrogen-bond acceptors (Lipinski definition) is 5. The fourth-order valence-electron chi connectivity index (χ4n) is 4.15. The Labute approximate surface area is 193 Å². The summed E-state index contributed by atoms with van der Waals surface area (Å²) >= 11 is 0. The second-order valence-electron chi connectivity index (χ2n) is 9.90. The third-order valence-electron chi connectivity index (χ3n) is 6.08. The number of carbonyl (C=O) groups excluding carboxylic acids is 2. The minimum atomic E-state index is -0.533. The summed E-state index contributed by atoms with van der Waals surface area (Å²) in [5, 5.41) is 8.89. The van der Waals surface area contributed by atoms with E-state index in [9.17, 15) is 9.59 Å². The van der Waals surface area contributed by atoms with Crippen LogP contribution >= 0.6 is 0 Å². The predicted octanol–water partition coefficient (Wildman–Crippen LogP) is 5.47. The van der Waals surface area contributed by atoms with Crippen molar-refractivity contribution < 1.29 is 24.2 Å². The summed E-state index contributed by atoms with van der Waals surface area (Å²) in [4.78, 5) is 27.4. The predicted molar refractivity (Wildman–Crippen MR) is 125 cm³/mol. The molecule has 0 saturated carbocycles. The largest absolute Gasteiger partial charge is 0.460 e. The lowest BCUT2D eigenvalue weighted by molar-refractivity contribution is -0.171. The van der Waals surface area contributed by atoms with Gasteiger partial charge in [-0.05, 0) is 52.0 Å². The molecule has 6 nitrogen and oxygen atoms in total. The van der Waals surface area contributed by atoms with Gasteiger partial charge in [0.2, 0.25) is 0 Å². The van der Waals surface area contributed by atoms with E-state index in [2.05, 4.69) is 0 Å². The number of esters is 1. The number of benzene rings is 1. The molecule has 1 saturated heterocycles. The van der Waals surface area contributed by atoms with Crippen LogP contribution in [0.4, 0.5) is 4.79 Å². The van der Waals surface area contributed by atoms with Crippen molar-refractivity contribution in [3.05, 3.63) is 35.9 Å². The van der Waals surface area contributed by atoms with Crippen LogP contribution in [-0.2, 0) is 20.9 Å². The number of piperidine rings is 1. The monoisotopic (exact) mass is 447 g/mol. The van der Waals surface area contributed by atoms with Crippen LogP contribution in [0.3, 0.4) is 0 Å². The number of aliphatic hydroxyl groups excluding tert-OH is 1. The number of nitrogens with zero attached hydrogens (tertiary/aromatic N) is 1. The van der Waals surface area contributed by atoms with Crippen molar-refractivity contribution in [2.75, 3.05) is 19.7 Å². The van der Waals surface area contributed by atoms with Gasteiger partial charge in [-0.2, -0.15) is 0 Å². The Morgan fingerprint density at radius 3 is 2.16 bits per heavy atom. The quantitative estimate of drug-likeness (QED) is 0.360. The van der Waals surface area contributed by atoms with Crippen molar-refractivity contribution in [2.24, 2.45) is 5.41 Å². The summed E-state index contributed by atoms with van der Waals surface area (Å²) in [6, 6.07) is 9.64. The lowest BCUT2D eigenvalue weighted by atomic mass is 9.74. The molecular weight excluding hydrogens is 406 g/mol. The van der Waals surface area contributed by atoms with Gasteiger partial charge in [0.25, 0.3) is 0 Å². The first-order chi connectivity index (χ1) is 15.3. The normalized spacial score (nSPS) is 15.9. The molecule has 1 heterocycles. The molecule has 0 atom stereocenters. The van der Waals surface area contributed by atoms with Crippen molar-refractivity contribution in [3.63, 3.8) is 0 Å². The van der Waals surface area contributed by atoms with Gasteiger partial charge in [-0.25, -0.2) is 4.79 Å². The molecular formula is C26H41NO5. The van der Waals surface area contributed by atoms with E-state index in [1.807, 2.05) is 51.1 Å². The van der Waals surface area contributed by atoms with Gasteiger partial charge < -0.3 is 19.5 Å². The summed E-state index contributed by atoms with van der Waals surface area (Å²) in [5.41, 5.74) is -0.103. The number of likely N-dealkylation sites (tertiary alicyclic amines) is 1. The van der Waals surface area contributed by atoms with E-state index in [0.29, 0.717) is 25.9 Å². The van der Waals surface area contributed by atoms with Gasteiger partial charge in [0.15, 0.2) is 0 Å². The van der Waals surface area contributed by atoms with Crippen LogP contribution in [0.15, 0.2) is 30.3 Å². The van der Waals surface area contributed by atoms with E-state index >= 15 is 0 Å². The molecule has 1 amide bonds. The first kappa shape index (κ1) is 26.2. The molecule has 0 aromatic heterocycles. The highest BCUT2D eigenvalue weighted by molar-refractivity contribution is 5.78. The van der Waals surface area contributed by atoms with Gasteiger partial charge in [-0.15, -0.1) is 0 Å². The van der Waals surface area contributed by atoms with Crippen LogP contribution in [0.5, 0.6) is 0 Å². The van der Waals surface area contributed by atoms with Crippen LogP contribution in [0.2, 0.25) is 0 Å². The average Bonchev–Trinajstić information content (AvgIpc) is 2.77. The molecule has 180 valence electrons. The molecule has 1 fully saturated rings. The molecule has 1 aliphatic rings. The Balaban J connectivity index is 1.88. The number of amides is 1. The number of aliphatic hydroxyl groups is 1. The van der Waals surface area contributed by atoms with E-state index in [-0.39, 0.29) is 25.3 Å². The highest BCUT2D eigenvalue weighted by atomic mass is 16.6. The zero-order valence-electron chi connectivity index (χ0n) is 20.1. The average molecular weight is 448 g/mol. The highest BCUT2D eigenvalue weighted by Gasteiger charge is 2.44. The number of hydrogen-bond donors (Lipinski definition) is 1. The van der Waals surface area contributed by atoms with Crippen LogP contribution in [-0.4, -0.2) is 47.4 Å². The molecule has 1 aromatic carbocycles. The van der Waals surface area contributed by atoms with Crippen LogP contribution in [0.25, 0.3) is 0 Å². The van der Waals surface area contributed by atoms with Crippen molar-refractivity contribution in [1.82, 2.24) is 4.90 Å². The maximum Gasteiger partial charge on any atom is 0.410 e. The lowest BCUT2D eigenvalue weighted by Crippen LogP contribution is -2.48. The fourth-order valence-corrected chi connectivity index (χ4v) is 4.15. The molecule has 2 rings (SSSR count). The minimum absolute atomic E-state index is 0.136. The number of ether oxygens (including phenoxy) is 2.